The SMILES string of the molecule is C/C=C\c1nc(NC(NC(=O)CCc2ccccc2)C(Cl)(Cl)Cl)sc1/C=C\C.CC. The Hall–Kier alpha value is -1.53. The summed E-state index contributed by atoms with van der Waals surface area (Å²) in [5.74, 6) is -0.216. The third-order valence-electron chi connectivity index (χ3n) is 3.71. The van der Waals surface area contributed by atoms with Crippen molar-refractivity contribution < 1.29 is 4.79 Å². The Morgan fingerprint density at radius 2 is 1.77 bits per heavy atom. The Bertz CT molecular complexity index is 800. The Kier molecular flexibility index (Phi) is 12.1. The van der Waals surface area contributed by atoms with E-state index in [1.54, 1.807) is 0 Å². The van der Waals surface area contributed by atoms with Crippen LogP contribution in [0.3, 0.4) is 0 Å². The highest BCUT2D eigenvalue weighted by Crippen LogP contribution is 2.33. The van der Waals surface area contributed by atoms with Gasteiger partial charge in [-0.3, -0.25) is 4.79 Å². The van der Waals surface area contributed by atoms with Crippen LogP contribution in [0.1, 0.15) is 50.3 Å². The van der Waals surface area contributed by atoms with Gasteiger partial charge in [0.15, 0.2) is 5.13 Å². The Balaban J connectivity index is 0.00000218. The van der Waals surface area contributed by atoms with Gasteiger partial charge in [-0.2, -0.15) is 0 Å². The summed E-state index contributed by atoms with van der Waals surface area (Å²) in [6.07, 6.45) is 7.68. The second-order valence-corrected chi connectivity index (χ2v) is 9.34. The van der Waals surface area contributed by atoms with Gasteiger partial charge < -0.3 is 10.6 Å². The zero-order valence-corrected chi connectivity index (χ0v) is 20.7. The Labute approximate surface area is 198 Å². The second-order valence-electron chi connectivity index (χ2n) is 5.94. The van der Waals surface area contributed by atoms with Gasteiger partial charge in [-0.25, -0.2) is 4.98 Å². The molecule has 0 aliphatic rings. The number of nitrogens with zero attached hydrogens (tertiary/aromatic N) is 1. The normalized spacial score (nSPS) is 12.5. The summed E-state index contributed by atoms with van der Waals surface area (Å²) >= 11 is 19.7. The lowest BCUT2D eigenvalue weighted by Gasteiger charge is -2.26. The van der Waals surface area contributed by atoms with Crippen LogP contribution in [-0.4, -0.2) is 20.8 Å². The molecule has 1 atom stereocenters. The maximum atomic E-state index is 12.4. The van der Waals surface area contributed by atoms with Crippen molar-refractivity contribution in [2.45, 2.75) is 50.5 Å². The molecule has 1 aromatic heterocycles. The van der Waals surface area contributed by atoms with Gasteiger partial charge in [0.2, 0.25) is 9.70 Å². The van der Waals surface area contributed by atoms with Gasteiger partial charge >= 0.3 is 0 Å². The molecule has 4 nitrogen and oxygen atoms in total. The number of halogens is 3. The van der Waals surface area contributed by atoms with Crippen molar-refractivity contribution in [3.8, 4) is 0 Å². The molecule has 0 fully saturated rings. The van der Waals surface area contributed by atoms with Crippen LogP contribution in [0.4, 0.5) is 5.13 Å². The number of aryl methyl sites for hydroxylation is 1. The van der Waals surface area contributed by atoms with E-state index in [4.69, 9.17) is 34.8 Å². The van der Waals surface area contributed by atoms with Crippen LogP contribution in [0.5, 0.6) is 0 Å². The Morgan fingerprint density at radius 3 is 2.33 bits per heavy atom. The van der Waals surface area contributed by atoms with E-state index in [-0.39, 0.29) is 12.3 Å². The number of anilines is 1. The summed E-state index contributed by atoms with van der Waals surface area (Å²) < 4.78 is -1.74. The molecule has 0 saturated carbocycles. The quantitative estimate of drug-likeness (QED) is 0.308. The predicted molar refractivity (Wildman–Crippen MR) is 133 cm³/mol. The highest BCUT2D eigenvalue weighted by Gasteiger charge is 2.34. The molecule has 0 aliphatic heterocycles. The number of thiazole rings is 1. The smallest absolute Gasteiger partial charge is 0.228 e. The molecular formula is C22H28Cl3N3OS. The predicted octanol–water partition coefficient (Wildman–Crippen LogP) is 7.09. The number of alkyl halides is 3. The second kappa shape index (κ2) is 13.7. The number of nitrogens with one attached hydrogen (secondary N) is 2. The van der Waals surface area contributed by atoms with Crippen molar-refractivity contribution in [1.29, 1.82) is 0 Å². The van der Waals surface area contributed by atoms with Crippen LogP contribution in [0.15, 0.2) is 42.5 Å². The molecule has 1 amide bonds. The lowest BCUT2D eigenvalue weighted by atomic mass is 10.1. The molecule has 8 heteroatoms. The number of amides is 1. The number of carbonyl (C=O) groups excluding carboxylic acids is 1. The van der Waals surface area contributed by atoms with Gasteiger partial charge in [0.1, 0.15) is 6.17 Å². The monoisotopic (exact) mass is 487 g/mol. The average Bonchev–Trinajstić information content (AvgIpc) is 3.09. The maximum Gasteiger partial charge on any atom is 0.228 e. The molecule has 1 unspecified atom stereocenters. The van der Waals surface area contributed by atoms with Crippen molar-refractivity contribution in [2.24, 2.45) is 0 Å². The molecule has 2 rings (SSSR count). The number of benzene rings is 1. The average molecular weight is 489 g/mol. The van der Waals surface area contributed by atoms with Gasteiger partial charge in [0.25, 0.3) is 0 Å². The van der Waals surface area contributed by atoms with Crippen LogP contribution in [0, 0.1) is 0 Å². The van der Waals surface area contributed by atoms with E-state index in [1.807, 2.05) is 82.3 Å². The zero-order valence-electron chi connectivity index (χ0n) is 17.6. The highest BCUT2D eigenvalue weighted by molar-refractivity contribution is 7.16. The summed E-state index contributed by atoms with van der Waals surface area (Å²) in [6.45, 7) is 7.85. The first-order chi connectivity index (χ1) is 14.3. The summed E-state index contributed by atoms with van der Waals surface area (Å²) in [5.41, 5.74) is 1.88. The number of hydrogen-bond acceptors (Lipinski definition) is 4. The molecule has 0 radical (unpaired) electrons. The third-order valence-corrected chi connectivity index (χ3v) is 5.33. The maximum absolute atomic E-state index is 12.4. The highest BCUT2D eigenvalue weighted by atomic mass is 35.6. The Morgan fingerprint density at radius 1 is 1.13 bits per heavy atom. The minimum absolute atomic E-state index is 0.216. The number of carbonyl (C=O) groups is 1. The van der Waals surface area contributed by atoms with Gasteiger partial charge in [-0.1, -0.05) is 102 Å². The number of hydrogen-bond donors (Lipinski definition) is 2. The standard InChI is InChI=1S/C20H22Cl3N3OS.C2H6/c1-3-8-15-16(9-4-2)28-19(24-15)26-18(20(21,22)23)25-17(27)13-12-14-10-6-5-7-11-14;1-2/h3-11,18H,12-13H2,1-2H3,(H,24,26)(H,25,27);1-2H3/b8-3-,9-4-;. The summed E-state index contributed by atoms with van der Waals surface area (Å²) in [4.78, 5) is 17.9. The van der Waals surface area contributed by atoms with E-state index >= 15 is 0 Å². The van der Waals surface area contributed by atoms with Crippen molar-refractivity contribution in [2.75, 3.05) is 5.32 Å². The first kappa shape index (κ1) is 26.5. The van der Waals surface area contributed by atoms with Gasteiger partial charge in [-0.05, 0) is 38.0 Å². The number of rotatable bonds is 8. The van der Waals surface area contributed by atoms with Crippen molar-refractivity contribution in [1.82, 2.24) is 10.3 Å². The van der Waals surface area contributed by atoms with Gasteiger partial charge in [0, 0.05) is 6.42 Å². The fourth-order valence-corrected chi connectivity index (χ4v) is 3.69. The molecular weight excluding hydrogens is 461 g/mol. The van der Waals surface area contributed by atoms with Gasteiger partial charge in [-0.15, -0.1) is 0 Å². The van der Waals surface area contributed by atoms with Crippen molar-refractivity contribution in [3.63, 3.8) is 0 Å². The first-order valence-corrected chi connectivity index (χ1v) is 11.7. The molecule has 1 heterocycles. The van der Waals surface area contributed by atoms with E-state index in [0.717, 1.165) is 16.1 Å². The summed E-state index contributed by atoms with van der Waals surface area (Å²) in [7, 11) is 0. The van der Waals surface area contributed by atoms with Crippen LogP contribution < -0.4 is 10.6 Å². The van der Waals surface area contributed by atoms with E-state index in [2.05, 4.69) is 15.6 Å². The molecule has 2 aromatic rings. The number of allylic oxidation sites excluding steroid dienone is 2. The van der Waals surface area contributed by atoms with Crippen molar-refractivity contribution >= 4 is 69.3 Å². The fourth-order valence-electron chi connectivity index (χ4n) is 2.41. The van der Waals surface area contributed by atoms with Crippen LogP contribution in [0.2, 0.25) is 0 Å². The molecule has 0 bridgehead atoms. The largest absolute Gasteiger partial charge is 0.338 e. The van der Waals surface area contributed by atoms with Crippen LogP contribution in [-0.2, 0) is 11.2 Å². The molecule has 30 heavy (non-hydrogen) atoms. The van der Waals surface area contributed by atoms with Gasteiger partial charge in [0.05, 0.1) is 10.6 Å². The zero-order chi connectivity index (χ0) is 22.6. The summed E-state index contributed by atoms with van der Waals surface area (Å²) in [5, 5.41) is 6.35. The third kappa shape index (κ3) is 9.09. The lowest BCUT2D eigenvalue weighted by Crippen LogP contribution is -2.49. The number of aromatic nitrogens is 1. The molecule has 1 aromatic carbocycles. The molecule has 164 valence electrons. The molecule has 0 spiro atoms. The van der Waals surface area contributed by atoms with Crippen LogP contribution >= 0.6 is 46.1 Å². The minimum atomic E-state index is -1.74. The molecule has 2 N–H and O–H groups in total. The van der Waals surface area contributed by atoms with E-state index in [0.29, 0.717) is 11.6 Å². The molecule has 0 saturated heterocycles. The van der Waals surface area contributed by atoms with E-state index < -0.39 is 9.96 Å². The minimum Gasteiger partial charge on any atom is -0.338 e. The molecule has 0 aliphatic carbocycles. The topological polar surface area (TPSA) is 54.0 Å². The van der Waals surface area contributed by atoms with Crippen LogP contribution in [0.25, 0.3) is 12.2 Å². The van der Waals surface area contributed by atoms with E-state index in [9.17, 15) is 4.79 Å². The first-order valence-electron chi connectivity index (χ1n) is 9.76. The van der Waals surface area contributed by atoms with E-state index in [1.165, 1.54) is 11.3 Å². The fraction of sp³-hybridized carbons (Fsp3) is 0.364. The lowest BCUT2D eigenvalue weighted by molar-refractivity contribution is -0.121. The summed E-state index contributed by atoms with van der Waals surface area (Å²) in [6, 6.07) is 9.75. The van der Waals surface area contributed by atoms with Crippen molar-refractivity contribution in [3.05, 3.63) is 58.6 Å².